The molecule has 9 heteroatoms. The molecule has 0 saturated heterocycles. The zero-order valence-corrected chi connectivity index (χ0v) is 18.8. The van der Waals surface area contributed by atoms with Crippen molar-refractivity contribution in [3.8, 4) is 5.75 Å². The summed E-state index contributed by atoms with van der Waals surface area (Å²) in [6, 6.07) is 17.5. The number of para-hydroxylation sites is 2. The van der Waals surface area contributed by atoms with Crippen LogP contribution in [0.5, 0.6) is 5.75 Å². The van der Waals surface area contributed by atoms with Crippen LogP contribution in [0.3, 0.4) is 0 Å². The third kappa shape index (κ3) is 5.28. The molecular formula is C22H22ClN3O4S. The fraction of sp³-hybridized carbons (Fsp3) is 0.136. The van der Waals surface area contributed by atoms with Crippen molar-refractivity contribution in [2.45, 2.75) is 4.90 Å². The molecular weight excluding hydrogens is 438 g/mol. The summed E-state index contributed by atoms with van der Waals surface area (Å²) < 4.78 is 33.0. The SMILES string of the molecule is COc1ccccc1NS(=O)(=O)c1ccc(C(=O)Nc2ccc(N(C)C)c(Cl)c2)cc1. The van der Waals surface area contributed by atoms with Crippen molar-refractivity contribution >= 4 is 44.6 Å². The van der Waals surface area contributed by atoms with Gasteiger partial charge in [-0.05, 0) is 54.6 Å². The minimum Gasteiger partial charge on any atom is -0.495 e. The lowest BCUT2D eigenvalue weighted by atomic mass is 10.2. The molecule has 7 nitrogen and oxygen atoms in total. The van der Waals surface area contributed by atoms with E-state index in [4.69, 9.17) is 16.3 Å². The van der Waals surface area contributed by atoms with Crippen molar-refractivity contribution in [2.75, 3.05) is 36.1 Å². The number of benzene rings is 3. The Morgan fingerprint density at radius 2 is 1.68 bits per heavy atom. The largest absolute Gasteiger partial charge is 0.495 e. The van der Waals surface area contributed by atoms with Gasteiger partial charge in [0.2, 0.25) is 0 Å². The van der Waals surface area contributed by atoms with E-state index in [-0.39, 0.29) is 10.8 Å². The van der Waals surface area contributed by atoms with E-state index in [1.807, 2.05) is 19.0 Å². The van der Waals surface area contributed by atoms with E-state index in [0.29, 0.717) is 27.7 Å². The van der Waals surface area contributed by atoms with E-state index in [0.717, 1.165) is 5.69 Å². The molecule has 0 radical (unpaired) electrons. The lowest BCUT2D eigenvalue weighted by molar-refractivity contribution is 0.102. The lowest BCUT2D eigenvalue weighted by Gasteiger charge is -2.15. The smallest absolute Gasteiger partial charge is 0.262 e. The summed E-state index contributed by atoms with van der Waals surface area (Å²) in [7, 11) is 1.36. The second-order valence-electron chi connectivity index (χ2n) is 6.84. The van der Waals surface area contributed by atoms with E-state index in [1.54, 1.807) is 42.5 Å². The molecule has 3 aromatic rings. The standard InChI is InChI=1S/C22H22ClN3O4S/c1-26(2)20-13-10-16(14-18(20)23)24-22(27)15-8-11-17(12-9-15)31(28,29)25-19-6-4-5-7-21(19)30-3/h4-14,25H,1-3H3,(H,24,27). The second-order valence-corrected chi connectivity index (χ2v) is 8.93. The fourth-order valence-electron chi connectivity index (χ4n) is 2.87. The summed E-state index contributed by atoms with van der Waals surface area (Å²) in [4.78, 5) is 14.4. The molecule has 162 valence electrons. The molecule has 0 heterocycles. The predicted octanol–water partition coefficient (Wildman–Crippen LogP) is 4.47. The third-order valence-electron chi connectivity index (χ3n) is 4.47. The first-order valence-corrected chi connectivity index (χ1v) is 11.1. The monoisotopic (exact) mass is 459 g/mol. The first kappa shape index (κ1) is 22.5. The van der Waals surface area contributed by atoms with Crippen molar-refractivity contribution in [3.63, 3.8) is 0 Å². The summed E-state index contributed by atoms with van der Waals surface area (Å²) in [5, 5.41) is 3.26. The number of amides is 1. The van der Waals surface area contributed by atoms with Crippen LogP contribution in [-0.4, -0.2) is 35.5 Å². The Morgan fingerprint density at radius 1 is 1.00 bits per heavy atom. The Balaban J connectivity index is 1.74. The molecule has 1 amide bonds. The molecule has 0 unspecified atom stereocenters. The quantitative estimate of drug-likeness (QED) is 0.544. The fourth-order valence-corrected chi connectivity index (χ4v) is 4.29. The summed E-state index contributed by atoms with van der Waals surface area (Å²) in [5.41, 5.74) is 2.00. The van der Waals surface area contributed by atoms with Gasteiger partial charge in [0.15, 0.2) is 0 Å². The van der Waals surface area contributed by atoms with Crippen molar-refractivity contribution in [2.24, 2.45) is 0 Å². The van der Waals surface area contributed by atoms with E-state index < -0.39 is 10.0 Å². The predicted molar refractivity (Wildman–Crippen MR) is 124 cm³/mol. The number of halogens is 1. The number of sulfonamides is 1. The molecule has 0 aliphatic rings. The zero-order chi connectivity index (χ0) is 22.6. The summed E-state index contributed by atoms with van der Waals surface area (Å²) in [6.07, 6.45) is 0. The van der Waals surface area contributed by atoms with Crippen LogP contribution >= 0.6 is 11.6 Å². The van der Waals surface area contributed by atoms with Gasteiger partial charge in [-0.15, -0.1) is 0 Å². The maximum Gasteiger partial charge on any atom is 0.262 e. The van der Waals surface area contributed by atoms with Crippen LogP contribution in [0.4, 0.5) is 17.1 Å². The van der Waals surface area contributed by atoms with E-state index in [9.17, 15) is 13.2 Å². The van der Waals surface area contributed by atoms with Gasteiger partial charge in [-0.1, -0.05) is 23.7 Å². The van der Waals surface area contributed by atoms with Gasteiger partial charge in [0.05, 0.1) is 28.4 Å². The van der Waals surface area contributed by atoms with Crippen LogP contribution in [0.2, 0.25) is 5.02 Å². The molecule has 0 aromatic heterocycles. The van der Waals surface area contributed by atoms with Gasteiger partial charge >= 0.3 is 0 Å². The minimum atomic E-state index is -3.85. The Bertz CT molecular complexity index is 1200. The van der Waals surface area contributed by atoms with Gasteiger partial charge < -0.3 is 15.0 Å². The van der Waals surface area contributed by atoms with E-state index in [2.05, 4.69) is 10.0 Å². The van der Waals surface area contributed by atoms with Crippen molar-refractivity contribution in [1.29, 1.82) is 0 Å². The van der Waals surface area contributed by atoms with Gasteiger partial charge in [0.1, 0.15) is 5.75 Å². The number of nitrogens with zero attached hydrogens (tertiary/aromatic N) is 1. The van der Waals surface area contributed by atoms with E-state index >= 15 is 0 Å². The average molecular weight is 460 g/mol. The molecule has 0 aliphatic carbocycles. The highest BCUT2D eigenvalue weighted by atomic mass is 35.5. The Hall–Kier alpha value is -3.23. The van der Waals surface area contributed by atoms with Crippen LogP contribution < -0.4 is 19.7 Å². The number of hydrogen-bond donors (Lipinski definition) is 2. The first-order valence-electron chi connectivity index (χ1n) is 9.25. The molecule has 0 aliphatic heterocycles. The molecule has 0 spiro atoms. The molecule has 0 atom stereocenters. The highest BCUT2D eigenvalue weighted by Crippen LogP contribution is 2.28. The number of rotatable bonds is 7. The van der Waals surface area contributed by atoms with Crippen molar-refractivity contribution in [1.82, 2.24) is 0 Å². The van der Waals surface area contributed by atoms with Crippen LogP contribution in [-0.2, 0) is 10.0 Å². The number of carbonyl (C=O) groups excluding carboxylic acids is 1. The normalized spacial score (nSPS) is 11.0. The summed E-state index contributed by atoms with van der Waals surface area (Å²) in [5.74, 6) is 0.0244. The van der Waals surface area contributed by atoms with Gasteiger partial charge in [0, 0.05) is 25.3 Å². The zero-order valence-electron chi connectivity index (χ0n) is 17.2. The van der Waals surface area contributed by atoms with Crippen LogP contribution in [0.1, 0.15) is 10.4 Å². The molecule has 2 N–H and O–H groups in total. The molecule has 0 bridgehead atoms. The topological polar surface area (TPSA) is 87.7 Å². The van der Waals surface area contributed by atoms with Gasteiger partial charge in [0.25, 0.3) is 15.9 Å². The second kappa shape index (κ2) is 9.28. The number of nitrogens with one attached hydrogen (secondary N) is 2. The van der Waals surface area contributed by atoms with Crippen LogP contribution in [0, 0.1) is 0 Å². The number of anilines is 3. The average Bonchev–Trinajstić information content (AvgIpc) is 2.73. The van der Waals surface area contributed by atoms with E-state index in [1.165, 1.54) is 31.4 Å². The number of hydrogen-bond acceptors (Lipinski definition) is 5. The minimum absolute atomic E-state index is 0.0216. The number of methoxy groups -OCH3 is 1. The highest BCUT2D eigenvalue weighted by molar-refractivity contribution is 7.92. The summed E-state index contributed by atoms with van der Waals surface area (Å²) in [6.45, 7) is 0. The van der Waals surface area contributed by atoms with Crippen molar-refractivity contribution in [3.05, 3.63) is 77.3 Å². The van der Waals surface area contributed by atoms with Crippen LogP contribution in [0.15, 0.2) is 71.6 Å². The molecule has 0 saturated carbocycles. The number of ether oxygens (including phenoxy) is 1. The Morgan fingerprint density at radius 3 is 2.29 bits per heavy atom. The van der Waals surface area contributed by atoms with Crippen molar-refractivity contribution < 1.29 is 17.9 Å². The first-order chi connectivity index (χ1) is 14.7. The maximum atomic E-state index is 12.7. The third-order valence-corrected chi connectivity index (χ3v) is 6.15. The lowest BCUT2D eigenvalue weighted by Crippen LogP contribution is -2.15. The summed E-state index contributed by atoms with van der Waals surface area (Å²) >= 11 is 6.24. The number of carbonyl (C=O) groups is 1. The Kier molecular flexibility index (Phi) is 6.72. The van der Waals surface area contributed by atoms with Crippen LogP contribution in [0.25, 0.3) is 0 Å². The molecule has 0 fully saturated rings. The maximum absolute atomic E-state index is 12.7. The molecule has 31 heavy (non-hydrogen) atoms. The Labute approximate surface area is 186 Å². The van der Waals surface area contributed by atoms with Gasteiger partial charge in [-0.25, -0.2) is 8.42 Å². The van der Waals surface area contributed by atoms with Gasteiger partial charge in [-0.3, -0.25) is 9.52 Å². The molecule has 3 rings (SSSR count). The highest BCUT2D eigenvalue weighted by Gasteiger charge is 2.17. The van der Waals surface area contributed by atoms with Gasteiger partial charge in [-0.2, -0.15) is 0 Å². The molecule has 3 aromatic carbocycles.